The van der Waals surface area contributed by atoms with Crippen LogP contribution in [0.2, 0.25) is 0 Å². The van der Waals surface area contributed by atoms with Gasteiger partial charge in [0.15, 0.2) is 5.60 Å². The topological polar surface area (TPSA) is 153 Å². The van der Waals surface area contributed by atoms with Gasteiger partial charge in [-0.15, -0.1) is 11.3 Å². The van der Waals surface area contributed by atoms with E-state index in [1.165, 1.54) is 21.7 Å². The Kier molecular flexibility index (Phi) is 11.4. The number of nitrogens with zero attached hydrogens (tertiary/aromatic N) is 3. The Morgan fingerprint density at radius 3 is 2.14 bits per heavy atom. The molecule has 2 aromatic heterocycles. The van der Waals surface area contributed by atoms with E-state index in [-0.39, 0.29) is 0 Å². The Morgan fingerprint density at radius 1 is 1.00 bits per heavy atom. The number of aliphatic carboxylic acids is 3. The van der Waals surface area contributed by atoms with E-state index in [0.717, 1.165) is 32.6 Å². The highest BCUT2D eigenvalue weighted by Gasteiger charge is 2.40. The number of benzene rings is 1. The summed E-state index contributed by atoms with van der Waals surface area (Å²) in [5.41, 5.74) is 1.28. The van der Waals surface area contributed by atoms with Gasteiger partial charge in [-0.1, -0.05) is 36.4 Å². The zero-order valence-electron chi connectivity index (χ0n) is 20.9. The van der Waals surface area contributed by atoms with Crippen molar-refractivity contribution in [2.75, 3.05) is 6.54 Å². The van der Waals surface area contributed by atoms with Crippen molar-refractivity contribution in [1.29, 1.82) is 0 Å². The molecule has 0 aliphatic carbocycles. The average Bonchev–Trinajstić information content (AvgIpc) is 3.47. The van der Waals surface area contributed by atoms with Crippen molar-refractivity contribution in [2.45, 2.75) is 58.3 Å². The molecule has 0 aliphatic rings. The molecule has 0 radical (unpaired) electrons. The number of aromatic nitrogens is 2. The van der Waals surface area contributed by atoms with Crippen LogP contribution in [0, 0.1) is 6.92 Å². The minimum atomic E-state index is -2.74. The van der Waals surface area contributed by atoms with Crippen LogP contribution in [-0.2, 0) is 40.4 Å². The van der Waals surface area contributed by atoms with Crippen molar-refractivity contribution in [3.63, 3.8) is 0 Å². The number of thiophene rings is 1. The van der Waals surface area contributed by atoms with E-state index in [1.807, 2.05) is 17.5 Å². The zero-order chi connectivity index (χ0) is 27.4. The van der Waals surface area contributed by atoms with Crippen LogP contribution in [0.5, 0.6) is 0 Å². The Hall–Kier alpha value is -3.54. The highest BCUT2D eigenvalue weighted by atomic mass is 32.1. The molecule has 0 aliphatic heterocycles. The molecule has 2 heterocycles. The molecule has 11 heteroatoms. The van der Waals surface area contributed by atoms with Gasteiger partial charge in [-0.05, 0) is 37.3 Å². The van der Waals surface area contributed by atoms with E-state index in [2.05, 4.69) is 76.4 Å². The number of aryl methyl sites for hydroxylation is 1. The maximum Gasteiger partial charge on any atom is 0.336 e. The SMILES string of the molecule is CCn1ncc(CN(CCc2ccccc2)Cc2cccs2)c1C.O=C(O)CC(O)(CC(=O)O)C(=O)O. The van der Waals surface area contributed by atoms with Crippen LogP contribution in [0.15, 0.2) is 54.0 Å². The minimum absolute atomic E-state index is 0.931. The molecule has 0 atom stereocenters. The van der Waals surface area contributed by atoms with Gasteiger partial charge in [0.2, 0.25) is 0 Å². The summed E-state index contributed by atoms with van der Waals surface area (Å²) in [6.07, 6.45) is 0.819. The molecule has 0 saturated heterocycles. The minimum Gasteiger partial charge on any atom is -0.481 e. The van der Waals surface area contributed by atoms with Crippen LogP contribution >= 0.6 is 11.3 Å². The second-order valence-electron chi connectivity index (χ2n) is 8.57. The molecule has 0 spiro atoms. The normalized spacial score (nSPS) is 11.1. The summed E-state index contributed by atoms with van der Waals surface area (Å²) in [5, 5.41) is 40.5. The van der Waals surface area contributed by atoms with Gasteiger partial charge in [-0.25, -0.2) is 4.79 Å². The summed E-state index contributed by atoms with van der Waals surface area (Å²) in [4.78, 5) is 34.4. The molecule has 0 fully saturated rings. The number of rotatable bonds is 13. The second-order valence-corrected chi connectivity index (χ2v) is 9.61. The molecular formula is C26H33N3O7S. The summed E-state index contributed by atoms with van der Waals surface area (Å²) < 4.78 is 2.08. The van der Waals surface area contributed by atoms with Crippen LogP contribution in [0.1, 0.15) is 41.5 Å². The molecule has 10 nitrogen and oxygen atoms in total. The van der Waals surface area contributed by atoms with Gasteiger partial charge in [0.25, 0.3) is 0 Å². The molecule has 1 aromatic carbocycles. The number of carboxylic acids is 3. The first-order valence-corrected chi connectivity index (χ1v) is 12.6. The van der Waals surface area contributed by atoms with Crippen molar-refractivity contribution in [1.82, 2.24) is 14.7 Å². The van der Waals surface area contributed by atoms with Gasteiger partial charge in [-0.3, -0.25) is 19.2 Å². The van der Waals surface area contributed by atoms with Gasteiger partial charge in [-0.2, -0.15) is 5.10 Å². The van der Waals surface area contributed by atoms with Crippen molar-refractivity contribution in [2.24, 2.45) is 0 Å². The Balaban J connectivity index is 0.000000317. The first-order valence-electron chi connectivity index (χ1n) is 11.7. The van der Waals surface area contributed by atoms with Crippen molar-refractivity contribution in [3.05, 3.63) is 75.7 Å². The Bertz CT molecular complexity index is 1130. The predicted octanol–water partition coefficient (Wildman–Crippen LogP) is 3.27. The molecule has 37 heavy (non-hydrogen) atoms. The van der Waals surface area contributed by atoms with Gasteiger partial charge in [0, 0.05) is 42.3 Å². The molecule has 0 unspecified atom stereocenters. The summed E-state index contributed by atoms with van der Waals surface area (Å²) >= 11 is 1.83. The maximum absolute atomic E-state index is 10.3. The average molecular weight is 532 g/mol. The molecule has 0 bridgehead atoms. The summed E-state index contributed by atoms with van der Waals surface area (Å²) in [5.74, 6) is -5.02. The van der Waals surface area contributed by atoms with Crippen LogP contribution in [0.4, 0.5) is 0 Å². The van der Waals surface area contributed by atoms with E-state index in [1.54, 1.807) is 0 Å². The lowest BCUT2D eigenvalue weighted by atomic mass is 9.96. The largest absolute Gasteiger partial charge is 0.481 e. The Labute approximate surface area is 219 Å². The molecule has 0 saturated carbocycles. The highest BCUT2D eigenvalue weighted by molar-refractivity contribution is 7.09. The second kappa shape index (κ2) is 14.3. The number of carboxylic acid groups (broad SMARTS) is 3. The smallest absolute Gasteiger partial charge is 0.336 e. The molecule has 0 amide bonds. The van der Waals surface area contributed by atoms with E-state index in [0.29, 0.717) is 0 Å². The molecular weight excluding hydrogens is 498 g/mol. The zero-order valence-corrected chi connectivity index (χ0v) is 21.7. The van der Waals surface area contributed by atoms with Crippen molar-refractivity contribution < 1.29 is 34.8 Å². The first-order chi connectivity index (χ1) is 17.5. The third kappa shape index (κ3) is 9.79. The van der Waals surface area contributed by atoms with Gasteiger partial charge in [0.05, 0.1) is 19.0 Å². The third-order valence-electron chi connectivity index (χ3n) is 5.70. The lowest BCUT2D eigenvalue weighted by molar-refractivity contribution is -0.170. The van der Waals surface area contributed by atoms with E-state index >= 15 is 0 Å². The van der Waals surface area contributed by atoms with Crippen LogP contribution in [0.25, 0.3) is 0 Å². The van der Waals surface area contributed by atoms with Crippen LogP contribution in [-0.4, -0.2) is 65.2 Å². The van der Waals surface area contributed by atoms with Crippen LogP contribution in [0.3, 0.4) is 0 Å². The highest BCUT2D eigenvalue weighted by Crippen LogP contribution is 2.18. The van der Waals surface area contributed by atoms with Gasteiger partial charge in [0.1, 0.15) is 0 Å². The quantitative estimate of drug-likeness (QED) is 0.260. The van der Waals surface area contributed by atoms with Gasteiger partial charge < -0.3 is 20.4 Å². The summed E-state index contributed by atoms with van der Waals surface area (Å²) in [6, 6.07) is 15.1. The van der Waals surface area contributed by atoms with E-state index in [4.69, 9.17) is 20.4 Å². The fourth-order valence-electron chi connectivity index (χ4n) is 3.68. The number of carbonyl (C=O) groups is 3. The fourth-order valence-corrected chi connectivity index (χ4v) is 4.43. The summed E-state index contributed by atoms with van der Waals surface area (Å²) in [6.45, 7) is 8.26. The molecule has 3 rings (SSSR count). The third-order valence-corrected chi connectivity index (χ3v) is 6.56. The molecule has 4 N–H and O–H groups in total. The van der Waals surface area contributed by atoms with E-state index in [9.17, 15) is 14.4 Å². The van der Waals surface area contributed by atoms with Crippen LogP contribution < -0.4 is 0 Å². The number of hydrogen-bond acceptors (Lipinski definition) is 7. The lowest BCUT2D eigenvalue weighted by Crippen LogP contribution is -2.42. The lowest BCUT2D eigenvalue weighted by Gasteiger charge is -2.21. The Morgan fingerprint density at radius 2 is 1.65 bits per heavy atom. The number of aliphatic hydroxyl groups is 1. The predicted molar refractivity (Wildman–Crippen MR) is 138 cm³/mol. The van der Waals surface area contributed by atoms with Gasteiger partial charge >= 0.3 is 17.9 Å². The maximum atomic E-state index is 10.3. The molecule has 3 aromatic rings. The monoisotopic (exact) mass is 531 g/mol. The first kappa shape index (κ1) is 29.7. The van der Waals surface area contributed by atoms with Crippen molar-refractivity contribution in [3.8, 4) is 0 Å². The molecule has 200 valence electrons. The standard InChI is InChI=1S/C20H25N3S.C6H8O7/c1-3-23-17(2)19(14-21-23)15-22(16-20-10-7-13-24-20)12-11-18-8-5-4-6-9-18;7-3(8)1-6(13,5(11)12)2-4(9)10/h4-10,13-14H,3,11-12,15-16H2,1-2H3;13H,1-2H2,(H,7,8)(H,9,10)(H,11,12). The van der Waals surface area contributed by atoms with Crippen molar-refractivity contribution >= 4 is 29.2 Å². The summed E-state index contributed by atoms with van der Waals surface area (Å²) in [7, 11) is 0. The van der Waals surface area contributed by atoms with E-state index < -0.39 is 36.4 Å². The fraction of sp³-hybridized carbons (Fsp3) is 0.385. The number of hydrogen-bond donors (Lipinski definition) is 4.